The van der Waals surface area contributed by atoms with Crippen LogP contribution in [0.15, 0.2) is 67.1 Å². The van der Waals surface area contributed by atoms with Gasteiger partial charge >= 0.3 is 0 Å². The summed E-state index contributed by atoms with van der Waals surface area (Å²) in [5, 5.41) is 18.9. The van der Waals surface area contributed by atoms with Crippen molar-refractivity contribution in [3.8, 4) is 11.1 Å². The van der Waals surface area contributed by atoms with Gasteiger partial charge in [-0.3, -0.25) is 25.6 Å². The minimum Gasteiger partial charge on any atom is -0.360 e. The van der Waals surface area contributed by atoms with E-state index in [1.165, 1.54) is 6.34 Å². The third kappa shape index (κ3) is 3.85. The fraction of sp³-hybridized carbons (Fsp3) is 0.125. The number of pyridine rings is 2. The average Bonchev–Trinajstić information content (AvgIpc) is 3.55. The lowest BCUT2D eigenvalue weighted by Gasteiger charge is -2.19. The number of amidine groups is 1. The van der Waals surface area contributed by atoms with Gasteiger partial charge in [0.25, 0.3) is 5.91 Å². The van der Waals surface area contributed by atoms with Crippen molar-refractivity contribution in [3.63, 3.8) is 0 Å². The van der Waals surface area contributed by atoms with Crippen LogP contribution in [0, 0.1) is 10.8 Å². The summed E-state index contributed by atoms with van der Waals surface area (Å²) in [6, 6.07) is 14.8. The van der Waals surface area contributed by atoms with Crippen molar-refractivity contribution in [2.75, 3.05) is 5.32 Å². The molecule has 8 nitrogen and oxygen atoms in total. The van der Waals surface area contributed by atoms with Gasteiger partial charge in [0, 0.05) is 41.4 Å². The van der Waals surface area contributed by atoms with Gasteiger partial charge in [-0.1, -0.05) is 12.1 Å². The van der Waals surface area contributed by atoms with Crippen LogP contribution in [0.1, 0.15) is 28.9 Å². The molecule has 0 saturated heterocycles. The van der Waals surface area contributed by atoms with Crippen LogP contribution >= 0.6 is 0 Å². The van der Waals surface area contributed by atoms with Gasteiger partial charge in [0.2, 0.25) is 0 Å². The molecule has 0 radical (unpaired) electrons. The van der Waals surface area contributed by atoms with Crippen molar-refractivity contribution in [1.29, 1.82) is 10.8 Å². The Kier molecular flexibility index (Phi) is 4.95. The largest absolute Gasteiger partial charge is 0.360 e. The molecule has 1 amide bonds. The maximum Gasteiger partial charge on any atom is 0.274 e. The van der Waals surface area contributed by atoms with Gasteiger partial charge in [-0.15, -0.1) is 0 Å². The molecule has 1 saturated carbocycles. The number of aromatic amines is 1. The predicted molar refractivity (Wildman–Crippen MR) is 124 cm³/mol. The topological polar surface area (TPSA) is 122 Å². The number of anilines is 1. The Morgan fingerprint density at radius 1 is 1.12 bits per heavy atom. The molecule has 1 aliphatic rings. The Morgan fingerprint density at radius 2 is 2.00 bits per heavy atom. The number of hydrogen-bond acceptors (Lipinski definition) is 5. The molecule has 0 aliphatic heterocycles. The van der Waals surface area contributed by atoms with Crippen molar-refractivity contribution in [3.05, 3.63) is 78.4 Å². The first-order chi connectivity index (χ1) is 15.6. The SMILES string of the molecule is N=CN(C(=N)c1cccc(NC(=O)c2cc(-c3cnc4cc[nH]c4c3)ccn2)c1)C1CC1. The van der Waals surface area contributed by atoms with E-state index in [9.17, 15) is 4.79 Å². The Bertz CT molecular complexity index is 1340. The molecule has 4 N–H and O–H groups in total. The van der Waals surface area contributed by atoms with Crippen LogP contribution < -0.4 is 5.32 Å². The molecule has 0 spiro atoms. The van der Waals surface area contributed by atoms with Gasteiger partial charge in [-0.25, -0.2) is 0 Å². The lowest BCUT2D eigenvalue weighted by molar-refractivity contribution is 0.102. The van der Waals surface area contributed by atoms with E-state index in [1.54, 1.807) is 47.6 Å². The number of nitrogens with zero attached hydrogens (tertiary/aromatic N) is 3. The molecule has 4 aromatic rings. The van der Waals surface area contributed by atoms with Crippen LogP contribution in [0.5, 0.6) is 0 Å². The fourth-order valence-electron chi connectivity index (χ4n) is 3.62. The third-order valence-electron chi connectivity index (χ3n) is 5.46. The molecule has 3 heterocycles. The van der Waals surface area contributed by atoms with Crippen molar-refractivity contribution in [2.24, 2.45) is 0 Å². The lowest BCUT2D eigenvalue weighted by Crippen LogP contribution is -2.31. The number of rotatable bonds is 6. The summed E-state index contributed by atoms with van der Waals surface area (Å²) < 4.78 is 0. The van der Waals surface area contributed by atoms with E-state index in [1.807, 2.05) is 24.4 Å². The van der Waals surface area contributed by atoms with E-state index in [4.69, 9.17) is 10.8 Å². The molecule has 32 heavy (non-hydrogen) atoms. The second-order valence-electron chi connectivity index (χ2n) is 7.72. The summed E-state index contributed by atoms with van der Waals surface area (Å²) in [6.07, 6.45) is 8.39. The zero-order valence-electron chi connectivity index (χ0n) is 17.2. The van der Waals surface area contributed by atoms with Crippen LogP contribution in [0.4, 0.5) is 5.69 Å². The summed E-state index contributed by atoms with van der Waals surface area (Å²) in [6.45, 7) is 0. The number of hydrogen-bond donors (Lipinski definition) is 4. The average molecular weight is 423 g/mol. The second kappa shape index (κ2) is 8.07. The lowest BCUT2D eigenvalue weighted by atomic mass is 10.1. The first-order valence-electron chi connectivity index (χ1n) is 10.3. The van der Waals surface area contributed by atoms with Crippen molar-refractivity contribution >= 4 is 34.8 Å². The van der Waals surface area contributed by atoms with Crippen LogP contribution in [-0.2, 0) is 0 Å². The first-order valence-corrected chi connectivity index (χ1v) is 10.3. The molecule has 158 valence electrons. The number of fused-ring (bicyclic) bond motifs is 1. The number of nitrogens with one attached hydrogen (secondary N) is 4. The van der Waals surface area contributed by atoms with Crippen molar-refractivity contribution in [1.82, 2.24) is 19.9 Å². The summed E-state index contributed by atoms with van der Waals surface area (Å²) in [5.74, 6) is -0.0820. The van der Waals surface area contributed by atoms with E-state index >= 15 is 0 Å². The Morgan fingerprint density at radius 3 is 2.81 bits per heavy atom. The van der Waals surface area contributed by atoms with Crippen LogP contribution in [0.2, 0.25) is 0 Å². The summed E-state index contributed by atoms with van der Waals surface area (Å²) in [4.78, 5) is 26.3. The summed E-state index contributed by atoms with van der Waals surface area (Å²) in [7, 11) is 0. The van der Waals surface area contributed by atoms with Crippen LogP contribution in [-0.4, -0.2) is 44.0 Å². The molecule has 5 rings (SSSR count). The maximum atomic E-state index is 12.9. The molecule has 0 unspecified atom stereocenters. The highest BCUT2D eigenvalue weighted by molar-refractivity contribution is 6.06. The predicted octanol–water partition coefficient (Wildman–Crippen LogP) is 4.27. The number of carbonyl (C=O) groups is 1. The van der Waals surface area contributed by atoms with E-state index in [-0.39, 0.29) is 23.5 Å². The van der Waals surface area contributed by atoms with E-state index < -0.39 is 0 Å². The summed E-state index contributed by atoms with van der Waals surface area (Å²) in [5.41, 5.74) is 5.04. The van der Waals surface area contributed by atoms with Crippen LogP contribution in [0.25, 0.3) is 22.2 Å². The molecule has 0 atom stereocenters. The molecular weight excluding hydrogens is 402 g/mol. The quantitative estimate of drug-likeness (QED) is 0.273. The molecule has 8 heteroatoms. The van der Waals surface area contributed by atoms with Crippen LogP contribution in [0.3, 0.4) is 0 Å². The molecular formula is C24H21N7O. The van der Waals surface area contributed by atoms with Gasteiger partial charge < -0.3 is 15.2 Å². The van der Waals surface area contributed by atoms with Gasteiger partial charge in [0.15, 0.2) is 0 Å². The highest BCUT2D eigenvalue weighted by Crippen LogP contribution is 2.27. The second-order valence-corrected chi connectivity index (χ2v) is 7.72. The van der Waals surface area contributed by atoms with Gasteiger partial charge in [0.05, 0.1) is 17.4 Å². The Hall–Kier alpha value is -4.33. The minimum atomic E-state index is -0.337. The molecule has 1 aromatic carbocycles. The Balaban J connectivity index is 1.35. The molecule has 1 fully saturated rings. The van der Waals surface area contributed by atoms with Gasteiger partial charge in [0.1, 0.15) is 11.5 Å². The van der Waals surface area contributed by atoms with E-state index in [0.717, 1.165) is 35.0 Å². The zero-order valence-corrected chi connectivity index (χ0v) is 17.2. The zero-order chi connectivity index (χ0) is 22.1. The van der Waals surface area contributed by atoms with E-state index in [2.05, 4.69) is 20.3 Å². The standard InChI is InChI=1S/C24H21N7O/c25-14-31(19-4-5-19)23(26)16-2-1-3-18(10-16)30-24(32)22-11-15(6-8-28-22)17-12-21-20(29-13-17)7-9-27-21/h1-3,6-14,19,25-27H,4-5H2,(H,30,32). The normalized spacial score (nSPS) is 13.0. The number of amides is 1. The molecule has 0 bridgehead atoms. The monoisotopic (exact) mass is 423 g/mol. The Labute approximate surface area is 184 Å². The number of carbonyl (C=O) groups excluding carboxylic acids is 1. The first kappa shape index (κ1) is 19.6. The molecule has 1 aliphatic carbocycles. The van der Waals surface area contributed by atoms with Gasteiger partial charge in [-0.05, 0) is 54.8 Å². The van der Waals surface area contributed by atoms with Crippen molar-refractivity contribution in [2.45, 2.75) is 18.9 Å². The van der Waals surface area contributed by atoms with E-state index in [0.29, 0.717) is 11.3 Å². The van der Waals surface area contributed by atoms with Gasteiger partial charge in [-0.2, -0.15) is 0 Å². The molecule has 3 aromatic heterocycles. The number of H-pyrrole nitrogens is 1. The highest BCUT2D eigenvalue weighted by Gasteiger charge is 2.30. The minimum absolute atomic E-state index is 0.227. The summed E-state index contributed by atoms with van der Waals surface area (Å²) >= 11 is 0. The number of benzene rings is 1. The van der Waals surface area contributed by atoms with Crippen molar-refractivity contribution < 1.29 is 4.79 Å². The number of aromatic nitrogens is 3. The maximum absolute atomic E-state index is 12.9. The highest BCUT2D eigenvalue weighted by atomic mass is 16.1. The third-order valence-corrected chi connectivity index (χ3v) is 5.46. The fourth-order valence-corrected chi connectivity index (χ4v) is 3.62. The smallest absolute Gasteiger partial charge is 0.274 e.